The lowest BCUT2D eigenvalue weighted by Crippen LogP contribution is -2.30. The number of hydrogen-bond acceptors (Lipinski definition) is 5. The number of aliphatic imine (C=N–C) groups is 1. The Hall–Kier alpha value is -2.74. The Morgan fingerprint density at radius 3 is 3.04 bits per heavy atom. The van der Waals surface area contributed by atoms with Crippen LogP contribution in [0.15, 0.2) is 41.0 Å². The molecule has 3 heterocycles. The predicted molar refractivity (Wildman–Crippen MR) is 98.9 cm³/mol. The second-order valence-corrected chi connectivity index (χ2v) is 6.46. The van der Waals surface area contributed by atoms with Crippen LogP contribution >= 0.6 is 11.3 Å². The van der Waals surface area contributed by atoms with E-state index in [4.69, 9.17) is 9.47 Å². The number of fused-ring (bicyclic) bond motifs is 2. The number of thiazole rings is 1. The first-order valence-electron chi connectivity index (χ1n) is 8.10. The molecular formula is C17H19N5O2S. The SMILES string of the molecule is CN=C(NCc1cn2ccsc2n1)Nc1ccc2c(c1)OCCCO2. The van der Waals surface area contributed by atoms with Gasteiger partial charge in [0.25, 0.3) is 0 Å². The molecule has 1 aliphatic heterocycles. The highest BCUT2D eigenvalue weighted by Crippen LogP contribution is 2.32. The molecule has 3 aromatic rings. The molecule has 4 rings (SSSR count). The van der Waals surface area contributed by atoms with Crippen LogP contribution in [0.4, 0.5) is 5.69 Å². The number of hydrogen-bond donors (Lipinski definition) is 2. The molecule has 7 nitrogen and oxygen atoms in total. The average Bonchev–Trinajstić information content (AvgIpc) is 3.13. The van der Waals surface area contributed by atoms with Crippen LogP contribution in [0.5, 0.6) is 11.5 Å². The Balaban J connectivity index is 1.41. The Morgan fingerprint density at radius 2 is 2.20 bits per heavy atom. The van der Waals surface area contributed by atoms with E-state index in [1.54, 1.807) is 18.4 Å². The summed E-state index contributed by atoms with van der Waals surface area (Å²) in [6.45, 7) is 1.95. The van der Waals surface area contributed by atoms with Crippen molar-refractivity contribution in [3.05, 3.63) is 41.7 Å². The van der Waals surface area contributed by atoms with Crippen LogP contribution in [0, 0.1) is 0 Å². The zero-order chi connectivity index (χ0) is 17.1. The van der Waals surface area contributed by atoms with Crippen molar-refractivity contribution in [1.29, 1.82) is 0 Å². The number of rotatable bonds is 3. The van der Waals surface area contributed by atoms with Gasteiger partial charge in [-0.25, -0.2) is 4.98 Å². The van der Waals surface area contributed by atoms with Crippen LogP contribution in [-0.2, 0) is 6.54 Å². The number of imidazole rings is 1. The molecule has 0 saturated carbocycles. The van der Waals surface area contributed by atoms with E-state index in [1.165, 1.54) is 0 Å². The van der Waals surface area contributed by atoms with Gasteiger partial charge in [-0.2, -0.15) is 0 Å². The molecule has 0 fully saturated rings. The van der Waals surface area contributed by atoms with E-state index < -0.39 is 0 Å². The summed E-state index contributed by atoms with van der Waals surface area (Å²) in [5.41, 5.74) is 1.86. The Labute approximate surface area is 149 Å². The molecule has 1 aromatic carbocycles. The molecule has 0 bridgehead atoms. The van der Waals surface area contributed by atoms with Crippen LogP contribution in [0.25, 0.3) is 4.96 Å². The molecule has 0 radical (unpaired) electrons. The predicted octanol–water partition coefficient (Wildman–Crippen LogP) is 2.74. The smallest absolute Gasteiger partial charge is 0.195 e. The van der Waals surface area contributed by atoms with Gasteiger partial charge in [-0.05, 0) is 12.1 Å². The highest BCUT2D eigenvalue weighted by atomic mass is 32.1. The number of benzene rings is 1. The molecular weight excluding hydrogens is 338 g/mol. The monoisotopic (exact) mass is 357 g/mol. The molecule has 8 heteroatoms. The first-order chi connectivity index (χ1) is 12.3. The minimum atomic E-state index is 0.596. The summed E-state index contributed by atoms with van der Waals surface area (Å²) in [5, 5.41) is 8.56. The summed E-state index contributed by atoms with van der Waals surface area (Å²) in [5.74, 6) is 2.21. The van der Waals surface area contributed by atoms with E-state index in [0.717, 1.165) is 34.3 Å². The molecule has 0 unspecified atom stereocenters. The molecule has 130 valence electrons. The molecule has 0 spiro atoms. The zero-order valence-corrected chi connectivity index (χ0v) is 14.7. The van der Waals surface area contributed by atoms with Gasteiger partial charge < -0.3 is 20.1 Å². The molecule has 2 N–H and O–H groups in total. The lowest BCUT2D eigenvalue weighted by atomic mass is 10.3. The number of nitrogens with zero attached hydrogens (tertiary/aromatic N) is 3. The van der Waals surface area contributed by atoms with E-state index in [2.05, 4.69) is 20.6 Å². The van der Waals surface area contributed by atoms with Gasteiger partial charge in [-0.1, -0.05) is 0 Å². The quantitative estimate of drug-likeness (QED) is 0.557. The molecule has 0 saturated heterocycles. The van der Waals surface area contributed by atoms with Gasteiger partial charge in [-0.15, -0.1) is 11.3 Å². The van der Waals surface area contributed by atoms with Crippen molar-refractivity contribution in [2.75, 3.05) is 25.6 Å². The Bertz CT molecular complexity index is 873. The minimum absolute atomic E-state index is 0.596. The fourth-order valence-corrected chi connectivity index (χ4v) is 3.31. The molecule has 1 aliphatic rings. The fraction of sp³-hybridized carbons (Fsp3) is 0.294. The molecule has 0 amide bonds. The average molecular weight is 357 g/mol. The second-order valence-electron chi connectivity index (χ2n) is 5.59. The van der Waals surface area contributed by atoms with Crippen molar-refractivity contribution in [3.63, 3.8) is 0 Å². The van der Waals surface area contributed by atoms with Gasteiger partial charge in [0.1, 0.15) is 0 Å². The first kappa shape index (κ1) is 15.8. The molecule has 25 heavy (non-hydrogen) atoms. The molecule has 0 atom stereocenters. The van der Waals surface area contributed by atoms with Gasteiger partial charge in [-0.3, -0.25) is 9.39 Å². The largest absolute Gasteiger partial charge is 0.490 e. The van der Waals surface area contributed by atoms with Gasteiger partial charge >= 0.3 is 0 Å². The summed E-state index contributed by atoms with van der Waals surface area (Å²) in [4.78, 5) is 9.80. The van der Waals surface area contributed by atoms with Gasteiger partial charge in [0.05, 0.1) is 25.5 Å². The topological polar surface area (TPSA) is 72.2 Å². The third-order valence-corrected chi connectivity index (χ3v) is 4.58. The highest BCUT2D eigenvalue weighted by molar-refractivity contribution is 7.15. The lowest BCUT2D eigenvalue weighted by Gasteiger charge is -2.13. The summed E-state index contributed by atoms with van der Waals surface area (Å²) in [6.07, 6.45) is 4.91. The van der Waals surface area contributed by atoms with Crippen LogP contribution in [-0.4, -0.2) is 35.6 Å². The van der Waals surface area contributed by atoms with Crippen molar-refractivity contribution in [2.45, 2.75) is 13.0 Å². The van der Waals surface area contributed by atoms with Crippen LogP contribution in [0.2, 0.25) is 0 Å². The van der Waals surface area contributed by atoms with Crippen molar-refractivity contribution >= 4 is 27.9 Å². The number of nitrogens with one attached hydrogen (secondary N) is 2. The van der Waals surface area contributed by atoms with E-state index in [1.807, 2.05) is 40.4 Å². The number of anilines is 1. The van der Waals surface area contributed by atoms with Crippen LogP contribution in [0.1, 0.15) is 12.1 Å². The third kappa shape index (κ3) is 3.53. The number of aromatic nitrogens is 2. The molecule has 0 aliphatic carbocycles. The van der Waals surface area contributed by atoms with Crippen molar-refractivity contribution < 1.29 is 9.47 Å². The second kappa shape index (κ2) is 7.02. The maximum Gasteiger partial charge on any atom is 0.195 e. The summed E-state index contributed by atoms with van der Waals surface area (Å²) >= 11 is 1.62. The summed E-state index contributed by atoms with van der Waals surface area (Å²) in [6, 6.07) is 5.80. The maximum atomic E-state index is 5.72. The van der Waals surface area contributed by atoms with Gasteiger partial charge in [0.2, 0.25) is 0 Å². The lowest BCUT2D eigenvalue weighted by molar-refractivity contribution is 0.297. The molecule has 2 aromatic heterocycles. The van der Waals surface area contributed by atoms with E-state index in [0.29, 0.717) is 25.7 Å². The first-order valence-corrected chi connectivity index (χ1v) is 8.98. The van der Waals surface area contributed by atoms with Gasteiger partial charge in [0.15, 0.2) is 22.4 Å². The zero-order valence-electron chi connectivity index (χ0n) is 13.9. The maximum absolute atomic E-state index is 5.72. The van der Waals surface area contributed by atoms with Crippen molar-refractivity contribution in [3.8, 4) is 11.5 Å². The standard InChI is InChI=1S/C17H19N5O2S/c1-18-16(19-10-13-11-22-5-8-25-17(22)21-13)20-12-3-4-14-15(9-12)24-7-2-6-23-14/h3-5,8-9,11H,2,6-7,10H2,1H3,(H2,18,19,20). The van der Waals surface area contributed by atoms with Crippen molar-refractivity contribution in [2.24, 2.45) is 4.99 Å². The summed E-state index contributed by atoms with van der Waals surface area (Å²) < 4.78 is 13.4. The third-order valence-electron chi connectivity index (χ3n) is 3.81. The van der Waals surface area contributed by atoms with E-state index >= 15 is 0 Å². The Morgan fingerprint density at radius 1 is 1.32 bits per heavy atom. The highest BCUT2D eigenvalue weighted by Gasteiger charge is 2.11. The summed E-state index contributed by atoms with van der Waals surface area (Å²) in [7, 11) is 1.74. The van der Waals surface area contributed by atoms with E-state index in [9.17, 15) is 0 Å². The number of ether oxygens (including phenoxy) is 2. The van der Waals surface area contributed by atoms with Crippen molar-refractivity contribution in [1.82, 2.24) is 14.7 Å². The van der Waals surface area contributed by atoms with E-state index in [-0.39, 0.29) is 0 Å². The Kier molecular flexibility index (Phi) is 4.43. The minimum Gasteiger partial charge on any atom is -0.490 e. The normalized spacial score (nSPS) is 14.4. The van der Waals surface area contributed by atoms with Crippen LogP contribution in [0.3, 0.4) is 0 Å². The van der Waals surface area contributed by atoms with Gasteiger partial charge in [0, 0.05) is 43.0 Å². The van der Waals surface area contributed by atoms with Crippen LogP contribution < -0.4 is 20.1 Å². The fourth-order valence-electron chi connectivity index (χ4n) is 2.59. The number of guanidine groups is 1.